The number of esters is 1. The van der Waals surface area contributed by atoms with Gasteiger partial charge in [0.25, 0.3) is 0 Å². The van der Waals surface area contributed by atoms with Crippen LogP contribution in [0.15, 0.2) is 0 Å². The number of hydrogen-bond donors (Lipinski definition) is 0. The maximum absolute atomic E-state index is 10.6. The van der Waals surface area contributed by atoms with Gasteiger partial charge in [-0.05, 0) is 12.3 Å². The molecule has 11 heavy (non-hydrogen) atoms. The summed E-state index contributed by atoms with van der Waals surface area (Å²) in [5.74, 6) is 0.307. The van der Waals surface area contributed by atoms with Crippen molar-refractivity contribution in [3.63, 3.8) is 0 Å². The standard InChI is InChI=1S/C9H18O2/c1-5-7(3)9(6-2)11-8(4)10/h7,9H,5-6H2,1-4H3/t7-,9+/m1/s1. The van der Waals surface area contributed by atoms with Gasteiger partial charge >= 0.3 is 5.97 Å². The summed E-state index contributed by atoms with van der Waals surface area (Å²) >= 11 is 0. The molecule has 0 aliphatic heterocycles. The second kappa shape index (κ2) is 5.16. The molecule has 2 atom stereocenters. The first-order chi connectivity index (χ1) is 5.11. The quantitative estimate of drug-likeness (QED) is 0.587. The zero-order valence-electron chi connectivity index (χ0n) is 7.89. The summed E-state index contributed by atoms with van der Waals surface area (Å²) in [6, 6.07) is 0. The molecule has 0 unspecified atom stereocenters. The van der Waals surface area contributed by atoms with Crippen molar-refractivity contribution in [3.05, 3.63) is 0 Å². The topological polar surface area (TPSA) is 26.3 Å². The van der Waals surface area contributed by atoms with Crippen LogP contribution in [0.3, 0.4) is 0 Å². The van der Waals surface area contributed by atoms with E-state index >= 15 is 0 Å². The third-order valence-electron chi connectivity index (χ3n) is 2.00. The van der Waals surface area contributed by atoms with Crippen molar-refractivity contribution in [1.29, 1.82) is 0 Å². The molecule has 0 fully saturated rings. The Bertz CT molecular complexity index is 121. The van der Waals surface area contributed by atoms with Crippen LogP contribution in [-0.4, -0.2) is 12.1 Å². The number of carbonyl (C=O) groups excluding carboxylic acids is 1. The average Bonchev–Trinajstić information content (AvgIpc) is 1.98. The Hall–Kier alpha value is -0.530. The number of hydrogen-bond acceptors (Lipinski definition) is 2. The van der Waals surface area contributed by atoms with Gasteiger partial charge in [0.15, 0.2) is 0 Å². The molecular weight excluding hydrogens is 140 g/mol. The summed E-state index contributed by atoms with van der Waals surface area (Å²) in [6.07, 6.45) is 2.08. The fourth-order valence-electron chi connectivity index (χ4n) is 1.08. The SMILES string of the molecule is CC[C@@H](C)[C@H](CC)OC(C)=O. The molecule has 0 N–H and O–H groups in total. The van der Waals surface area contributed by atoms with Gasteiger partial charge in [-0.15, -0.1) is 0 Å². The Morgan fingerprint density at radius 2 is 1.91 bits per heavy atom. The predicted octanol–water partition coefficient (Wildman–Crippen LogP) is 2.37. The van der Waals surface area contributed by atoms with Crippen molar-refractivity contribution in [2.24, 2.45) is 5.92 Å². The number of ether oxygens (including phenoxy) is 1. The van der Waals surface area contributed by atoms with E-state index in [0.717, 1.165) is 12.8 Å². The summed E-state index contributed by atoms with van der Waals surface area (Å²) < 4.78 is 5.11. The van der Waals surface area contributed by atoms with E-state index in [1.54, 1.807) is 0 Å². The zero-order valence-corrected chi connectivity index (χ0v) is 7.89. The third kappa shape index (κ3) is 4.02. The van der Waals surface area contributed by atoms with E-state index in [1.807, 2.05) is 6.92 Å². The number of rotatable bonds is 4. The maximum atomic E-state index is 10.6. The van der Waals surface area contributed by atoms with E-state index in [2.05, 4.69) is 13.8 Å². The Kier molecular flexibility index (Phi) is 4.92. The lowest BCUT2D eigenvalue weighted by Crippen LogP contribution is -2.22. The Morgan fingerprint density at radius 3 is 2.18 bits per heavy atom. The molecule has 0 aliphatic rings. The Labute approximate surface area is 68.9 Å². The van der Waals surface area contributed by atoms with Gasteiger partial charge in [-0.3, -0.25) is 4.79 Å². The monoisotopic (exact) mass is 158 g/mol. The van der Waals surface area contributed by atoms with Crippen molar-refractivity contribution >= 4 is 5.97 Å². The first-order valence-electron chi connectivity index (χ1n) is 4.29. The van der Waals surface area contributed by atoms with Crippen LogP contribution >= 0.6 is 0 Å². The molecule has 2 nitrogen and oxygen atoms in total. The van der Waals surface area contributed by atoms with Crippen LogP contribution in [0, 0.1) is 5.92 Å². The van der Waals surface area contributed by atoms with Crippen LogP contribution in [0.25, 0.3) is 0 Å². The third-order valence-corrected chi connectivity index (χ3v) is 2.00. The van der Waals surface area contributed by atoms with Gasteiger partial charge in [0.1, 0.15) is 6.10 Å². The molecule has 0 bridgehead atoms. The summed E-state index contributed by atoms with van der Waals surface area (Å²) in [4.78, 5) is 10.6. The summed E-state index contributed by atoms with van der Waals surface area (Å²) in [7, 11) is 0. The summed E-state index contributed by atoms with van der Waals surface area (Å²) in [6.45, 7) is 7.72. The lowest BCUT2D eigenvalue weighted by Gasteiger charge is -2.20. The molecule has 0 saturated heterocycles. The first kappa shape index (κ1) is 10.5. The van der Waals surface area contributed by atoms with Crippen LogP contribution in [-0.2, 0) is 9.53 Å². The van der Waals surface area contributed by atoms with E-state index in [-0.39, 0.29) is 12.1 Å². The minimum absolute atomic E-state index is 0.109. The van der Waals surface area contributed by atoms with Gasteiger partial charge in [0.05, 0.1) is 0 Å². The van der Waals surface area contributed by atoms with Crippen molar-refractivity contribution in [3.8, 4) is 0 Å². The van der Waals surface area contributed by atoms with E-state index < -0.39 is 0 Å². The molecule has 66 valence electrons. The first-order valence-corrected chi connectivity index (χ1v) is 4.29. The van der Waals surface area contributed by atoms with Gasteiger partial charge in [0, 0.05) is 6.92 Å². The van der Waals surface area contributed by atoms with E-state index in [9.17, 15) is 4.79 Å². The highest BCUT2D eigenvalue weighted by Crippen LogP contribution is 2.14. The van der Waals surface area contributed by atoms with Crippen LogP contribution in [0.1, 0.15) is 40.5 Å². The molecule has 0 spiro atoms. The van der Waals surface area contributed by atoms with Crippen LogP contribution in [0.5, 0.6) is 0 Å². The van der Waals surface area contributed by atoms with E-state index in [0.29, 0.717) is 5.92 Å². The van der Waals surface area contributed by atoms with Gasteiger partial charge in [0.2, 0.25) is 0 Å². The van der Waals surface area contributed by atoms with E-state index in [4.69, 9.17) is 4.74 Å². The fourth-order valence-corrected chi connectivity index (χ4v) is 1.08. The van der Waals surface area contributed by atoms with Crippen molar-refractivity contribution in [2.45, 2.75) is 46.6 Å². The number of carbonyl (C=O) groups is 1. The van der Waals surface area contributed by atoms with Gasteiger partial charge in [-0.2, -0.15) is 0 Å². The molecule has 0 rings (SSSR count). The zero-order chi connectivity index (χ0) is 8.85. The summed E-state index contributed by atoms with van der Waals surface area (Å²) in [5.41, 5.74) is 0. The molecule has 0 amide bonds. The Morgan fingerprint density at radius 1 is 1.36 bits per heavy atom. The lowest BCUT2D eigenvalue weighted by atomic mass is 10.00. The highest BCUT2D eigenvalue weighted by atomic mass is 16.5. The van der Waals surface area contributed by atoms with Gasteiger partial charge in [-0.1, -0.05) is 27.2 Å². The average molecular weight is 158 g/mol. The van der Waals surface area contributed by atoms with Crippen LogP contribution < -0.4 is 0 Å². The molecule has 0 aromatic rings. The van der Waals surface area contributed by atoms with Crippen LogP contribution in [0.2, 0.25) is 0 Å². The fraction of sp³-hybridized carbons (Fsp3) is 0.889. The van der Waals surface area contributed by atoms with E-state index in [1.165, 1.54) is 6.92 Å². The van der Waals surface area contributed by atoms with Crippen LogP contribution in [0.4, 0.5) is 0 Å². The van der Waals surface area contributed by atoms with Crippen molar-refractivity contribution < 1.29 is 9.53 Å². The molecule has 0 saturated carbocycles. The molecule has 0 aromatic heterocycles. The normalized spacial score (nSPS) is 15.6. The minimum Gasteiger partial charge on any atom is -0.462 e. The molecular formula is C9H18O2. The maximum Gasteiger partial charge on any atom is 0.302 e. The predicted molar refractivity (Wildman–Crippen MR) is 45.3 cm³/mol. The molecule has 0 radical (unpaired) electrons. The minimum atomic E-state index is -0.169. The highest BCUT2D eigenvalue weighted by Gasteiger charge is 2.15. The largest absolute Gasteiger partial charge is 0.462 e. The molecule has 0 heterocycles. The molecule has 2 heteroatoms. The molecule has 0 aliphatic carbocycles. The lowest BCUT2D eigenvalue weighted by molar-refractivity contribution is -0.149. The second-order valence-corrected chi connectivity index (χ2v) is 2.94. The highest BCUT2D eigenvalue weighted by molar-refractivity contribution is 5.66. The molecule has 0 aromatic carbocycles. The van der Waals surface area contributed by atoms with Gasteiger partial charge < -0.3 is 4.74 Å². The smallest absolute Gasteiger partial charge is 0.302 e. The summed E-state index contributed by atoms with van der Waals surface area (Å²) in [5, 5.41) is 0. The Balaban J connectivity index is 3.84. The van der Waals surface area contributed by atoms with Crippen molar-refractivity contribution in [1.82, 2.24) is 0 Å². The van der Waals surface area contributed by atoms with Crippen molar-refractivity contribution in [2.75, 3.05) is 0 Å². The van der Waals surface area contributed by atoms with Gasteiger partial charge in [-0.25, -0.2) is 0 Å². The second-order valence-electron chi connectivity index (χ2n) is 2.94.